The molecule has 29 heavy (non-hydrogen) atoms. The predicted molar refractivity (Wildman–Crippen MR) is 108 cm³/mol. The summed E-state index contributed by atoms with van der Waals surface area (Å²) in [5.74, 6) is 0.929. The van der Waals surface area contributed by atoms with E-state index in [1.807, 2.05) is 4.90 Å². The van der Waals surface area contributed by atoms with Crippen LogP contribution in [-0.4, -0.2) is 57.1 Å². The number of tetrazole rings is 1. The van der Waals surface area contributed by atoms with E-state index < -0.39 is 0 Å². The van der Waals surface area contributed by atoms with Crippen molar-refractivity contribution in [2.45, 2.75) is 38.6 Å². The number of likely N-dealkylation sites (tertiary alicyclic amines) is 1. The number of methoxy groups -OCH3 is 1. The van der Waals surface area contributed by atoms with Gasteiger partial charge >= 0.3 is 0 Å². The molecule has 10 heteroatoms. The maximum Gasteiger partial charge on any atom is 0.224 e. The molecule has 1 aliphatic heterocycles. The summed E-state index contributed by atoms with van der Waals surface area (Å²) in [5.41, 5.74) is 0.642. The fourth-order valence-corrected chi connectivity index (χ4v) is 3.74. The van der Waals surface area contributed by atoms with Gasteiger partial charge in [0.15, 0.2) is 0 Å². The van der Waals surface area contributed by atoms with Gasteiger partial charge in [-0.1, -0.05) is 11.6 Å². The van der Waals surface area contributed by atoms with Gasteiger partial charge in [0.25, 0.3) is 0 Å². The van der Waals surface area contributed by atoms with Crippen LogP contribution in [0.15, 0.2) is 24.5 Å². The van der Waals surface area contributed by atoms with E-state index in [9.17, 15) is 9.59 Å². The standard InChI is InChI=1S/C19H25ClN6O3/c1-29-17-6-5-15(11-16(17)20)22-18(27)7-4-14-3-2-9-25(12-14)19(28)8-10-26-13-21-23-24-26/h5-6,11,13-14H,2-4,7-10,12H2,1H3,(H,22,27)/t14-/m1/s1. The van der Waals surface area contributed by atoms with E-state index in [2.05, 4.69) is 20.8 Å². The summed E-state index contributed by atoms with van der Waals surface area (Å²) >= 11 is 6.09. The average Bonchev–Trinajstić information content (AvgIpc) is 3.24. The number of nitrogens with zero attached hydrogens (tertiary/aromatic N) is 5. The first-order chi connectivity index (χ1) is 14.0. The van der Waals surface area contributed by atoms with Gasteiger partial charge in [0.2, 0.25) is 11.8 Å². The third kappa shape index (κ3) is 6.15. The van der Waals surface area contributed by atoms with Gasteiger partial charge < -0.3 is 15.0 Å². The van der Waals surface area contributed by atoms with Crippen molar-refractivity contribution in [1.82, 2.24) is 25.1 Å². The molecular formula is C19H25ClN6O3. The number of hydrogen-bond acceptors (Lipinski definition) is 6. The summed E-state index contributed by atoms with van der Waals surface area (Å²) in [4.78, 5) is 26.6. The number of halogens is 1. The second-order valence-electron chi connectivity index (χ2n) is 7.11. The van der Waals surface area contributed by atoms with Crippen molar-refractivity contribution in [2.75, 3.05) is 25.5 Å². The Labute approximate surface area is 174 Å². The highest BCUT2D eigenvalue weighted by atomic mass is 35.5. The Hall–Kier alpha value is -2.68. The van der Waals surface area contributed by atoms with Crippen LogP contribution in [0.25, 0.3) is 0 Å². The number of hydrogen-bond donors (Lipinski definition) is 1. The maximum absolute atomic E-state index is 12.4. The van der Waals surface area contributed by atoms with Crippen LogP contribution in [0.3, 0.4) is 0 Å². The van der Waals surface area contributed by atoms with Crippen molar-refractivity contribution in [3.63, 3.8) is 0 Å². The molecule has 9 nitrogen and oxygen atoms in total. The van der Waals surface area contributed by atoms with Gasteiger partial charge in [-0.15, -0.1) is 5.10 Å². The number of aromatic nitrogens is 4. The van der Waals surface area contributed by atoms with E-state index in [0.717, 1.165) is 25.8 Å². The molecule has 1 N–H and O–H groups in total. The molecule has 1 saturated heterocycles. The molecule has 2 heterocycles. The number of rotatable bonds is 8. The van der Waals surface area contributed by atoms with E-state index in [4.69, 9.17) is 16.3 Å². The summed E-state index contributed by atoms with van der Waals surface area (Å²) in [6.07, 6.45) is 5.00. The van der Waals surface area contributed by atoms with Crippen LogP contribution in [-0.2, 0) is 16.1 Å². The molecule has 0 spiro atoms. The molecule has 2 amide bonds. The third-order valence-electron chi connectivity index (χ3n) is 5.03. The highest BCUT2D eigenvalue weighted by Crippen LogP contribution is 2.27. The largest absolute Gasteiger partial charge is 0.495 e. The first kappa shape index (κ1) is 21.0. The van der Waals surface area contributed by atoms with Gasteiger partial charge in [-0.05, 0) is 53.8 Å². The molecule has 0 radical (unpaired) electrons. The smallest absolute Gasteiger partial charge is 0.224 e. The Balaban J connectivity index is 1.42. The zero-order valence-corrected chi connectivity index (χ0v) is 17.1. The number of anilines is 1. The fourth-order valence-electron chi connectivity index (χ4n) is 3.48. The van der Waals surface area contributed by atoms with E-state index in [1.54, 1.807) is 30.0 Å². The summed E-state index contributed by atoms with van der Waals surface area (Å²) in [6, 6.07) is 5.15. The highest BCUT2D eigenvalue weighted by Gasteiger charge is 2.24. The van der Waals surface area contributed by atoms with Crippen molar-refractivity contribution < 1.29 is 14.3 Å². The Morgan fingerprint density at radius 1 is 1.34 bits per heavy atom. The molecule has 0 saturated carbocycles. The number of benzene rings is 1. The Morgan fingerprint density at radius 3 is 2.93 bits per heavy atom. The number of amides is 2. The molecule has 1 aliphatic rings. The van der Waals surface area contributed by atoms with Gasteiger partial charge in [-0.2, -0.15) is 0 Å². The average molecular weight is 421 g/mol. The highest BCUT2D eigenvalue weighted by molar-refractivity contribution is 6.32. The van der Waals surface area contributed by atoms with E-state index in [1.165, 1.54) is 6.33 Å². The molecule has 3 rings (SSSR count). The molecule has 0 bridgehead atoms. The van der Waals surface area contributed by atoms with E-state index >= 15 is 0 Å². The Morgan fingerprint density at radius 2 is 2.21 bits per heavy atom. The normalized spacial score (nSPS) is 16.5. The van der Waals surface area contributed by atoms with Gasteiger partial charge in [0.1, 0.15) is 12.1 Å². The lowest BCUT2D eigenvalue weighted by Crippen LogP contribution is -2.40. The second kappa shape index (κ2) is 10.2. The van der Waals surface area contributed by atoms with Crippen molar-refractivity contribution in [2.24, 2.45) is 5.92 Å². The summed E-state index contributed by atoms with van der Waals surface area (Å²) in [5, 5.41) is 14.2. The predicted octanol–water partition coefficient (Wildman–Crippen LogP) is 2.38. The van der Waals surface area contributed by atoms with Crippen LogP contribution in [0.4, 0.5) is 5.69 Å². The number of piperidine rings is 1. The lowest BCUT2D eigenvalue weighted by atomic mass is 9.93. The molecule has 2 aromatic rings. The lowest BCUT2D eigenvalue weighted by Gasteiger charge is -2.32. The molecule has 1 fully saturated rings. The van der Waals surface area contributed by atoms with Crippen molar-refractivity contribution in [1.29, 1.82) is 0 Å². The van der Waals surface area contributed by atoms with Crippen molar-refractivity contribution in [3.8, 4) is 5.75 Å². The molecular weight excluding hydrogens is 396 g/mol. The van der Waals surface area contributed by atoms with Gasteiger partial charge in [0, 0.05) is 31.6 Å². The monoisotopic (exact) mass is 420 g/mol. The minimum Gasteiger partial charge on any atom is -0.495 e. The van der Waals surface area contributed by atoms with Crippen LogP contribution >= 0.6 is 11.6 Å². The molecule has 1 aromatic carbocycles. The first-order valence-electron chi connectivity index (χ1n) is 9.67. The van der Waals surface area contributed by atoms with Crippen molar-refractivity contribution >= 4 is 29.1 Å². The minimum absolute atomic E-state index is 0.0617. The molecule has 1 atom stereocenters. The topological polar surface area (TPSA) is 102 Å². The molecule has 0 aliphatic carbocycles. The molecule has 156 valence electrons. The minimum atomic E-state index is -0.0617. The summed E-state index contributed by atoms with van der Waals surface area (Å²) < 4.78 is 6.66. The Bertz CT molecular complexity index is 829. The Kier molecular flexibility index (Phi) is 7.40. The van der Waals surface area contributed by atoms with Gasteiger partial charge in [-0.25, -0.2) is 4.68 Å². The van der Waals surface area contributed by atoms with Crippen LogP contribution < -0.4 is 10.1 Å². The van der Waals surface area contributed by atoms with Crippen LogP contribution in [0, 0.1) is 5.92 Å². The summed E-state index contributed by atoms with van der Waals surface area (Å²) in [6.45, 7) is 1.93. The number of nitrogens with one attached hydrogen (secondary N) is 1. The van der Waals surface area contributed by atoms with Crippen LogP contribution in [0.2, 0.25) is 5.02 Å². The van der Waals surface area contributed by atoms with E-state index in [0.29, 0.717) is 48.3 Å². The van der Waals surface area contributed by atoms with Gasteiger partial charge in [-0.3, -0.25) is 9.59 Å². The zero-order chi connectivity index (χ0) is 20.6. The quantitative estimate of drug-likeness (QED) is 0.703. The third-order valence-corrected chi connectivity index (χ3v) is 5.33. The number of aryl methyl sites for hydroxylation is 1. The van der Waals surface area contributed by atoms with Gasteiger partial charge in [0.05, 0.1) is 18.7 Å². The molecule has 0 unspecified atom stereocenters. The summed E-state index contributed by atoms with van der Waals surface area (Å²) in [7, 11) is 1.55. The van der Waals surface area contributed by atoms with E-state index in [-0.39, 0.29) is 11.8 Å². The number of ether oxygens (including phenoxy) is 1. The van der Waals surface area contributed by atoms with Crippen LogP contribution in [0.5, 0.6) is 5.75 Å². The number of carbonyl (C=O) groups excluding carboxylic acids is 2. The van der Waals surface area contributed by atoms with Crippen LogP contribution in [0.1, 0.15) is 32.1 Å². The number of carbonyl (C=O) groups is 2. The lowest BCUT2D eigenvalue weighted by molar-refractivity contribution is -0.133. The molecule has 1 aromatic heterocycles. The zero-order valence-electron chi connectivity index (χ0n) is 16.4. The fraction of sp³-hybridized carbons (Fsp3) is 0.526. The maximum atomic E-state index is 12.4. The van der Waals surface area contributed by atoms with Crippen molar-refractivity contribution in [3.05, 3.63) is 29.5 Å². The SMILES string of the molecule is COc1ccc(NC(=O)CC[C@H]2CCCN(C(=O)CCn3cnnn3)C2)cc1Cl. The first-order valence-corrected chi connectivity index (χ1v) is 10.0. The second-order valence-corrected chi connectivity index (χ2v) is 7.51.